The highest BCUT2D eigenvalue weighted by Crippen LogP contribution is 2.28. The fourth-order valence-electron chi connectivity index (χ4n) is 1.51. The largest absolute Gasteiger partial charge is 0.390 e. The van der Waals surface area contributed by atoms with E-state index in [0.717, 1.165) is 0 Å². The van der Waals surface area contributed by atoms with Crippen LogP contribution in [0.2, 0.25) is 6.04 Å². The summed E-state index contributed by atoms with van der Waals surface area (Å²) in [5, 5.41) is 0. The van der Waals surface area contributed by atoms with E-state index in [2.05, 4.69) is 0 Å². The Bertz CT molecular complexity index is 191. The Labute approximate surface area is 96.4 Å². The van der Waals surface area contributed by atoms with E-state index in [1.807, 2.05) is 0 Å². The zero-order valence-electron chi connectivity index (χ0n) is 10.5. The second-order valence-corrected chi connectivity index (χ2v) is 7.59. The van der Waals surface area contributed by atoms with Gasteiger partial charge in [0.05, 0.1) is 0 Å². The van der Waals surface area contributed by atoms with Gasteiger partial charge in [-0.3, -0.25) is 0 Å². The van der Waals surface area contributed by atoms with Crippen molar-refractivity contribution >= 4 is 8.56 Å². The first-order valence-electron chi connectivity index (χ1n) is 5.53. The monoisotopic (exact) mass is 258 g/mol. The van der Waals surface area contributed by atoms with Crippen LogP contribution in [0.25, 0.3) is 0 Å². The van der Waals surface area contributed by atoms with Gasteiger partial charge in [0.25, 0.3) is 6.43 Å². The van der Waals surface area contributed by atoms with Crippen molar-refractivity contribution in [1.29, 1.82) is 0 Å². The Balaban J connectivity index is 4.94. The van der Waals surface area contributed by atoms with Gasteiger partial charge < -0.3 is 8.85 Å². The molecule has 0 aliphatic carbocycles. The van der Waals surface area contributed by atoms with Gasteiger partial charge in [0.1, 0.15) is 0 Å². The Morgan fingerprint density at radius 2 is 1.31 bits per heavy atom. The molecule has 0 aromatic carbocycles. The van der Waals surface area contributed by atoms with Gasteiger partial charge in [0, 0.05) is 12.2 Å². The smallest absolute Gasteiger partial charge is 0.379 e. The van der Waals surface area contributed by atoms with E-state index in [1.165, 1.54) is 0 Å². The predicted molar refractivity (Wildman–Crippen MR) is 59.6 cm³/mol. The van der Waals surface area contributed by atoms with Crippen LogP contribution in [0.15, 0.2) is 0 Å². The zero-order valence-corrected chi connectivity index (χ0v) is 11.5. The summed E-state index contributed by atoms with van der Waals surface area (Å²) in [7, 11) is -3.48. The molecule has 0 bridgehead atoms. The Morgan fingerprint density at radius 1 is 0.938 bits per heavy atom. The van der Waals surface area contributed by atoms with Crippen molar-refractivity contribution in [3.8, 4) is 0 Å². The molecule has 0 fully saturated rings. The number of rotatable bonds is 7. The lowest BCUT2D eigenvalue weighted by atomic mass is 10.5. The molecule has 0 aromatic heterocycles. The number of alkyl halides is 3. The molecule has 98 valence electrons. The Morgan fingerprint density at radius 3 is 1.50 bits per heavy atom. The average Bonchev–Trinajstić information content (AvgIpc) is 2.13. The molecule has 0 heterocycles. The minimum absolute atomic E-state index is 0.175. The average molecular weight is 258 g/mol. The van der Waals surface area contributed by atoms with E-state index in [-0.39, 0.29) is 18.3 Å². The molecule has 0 N–H and O–H groups in total. The van der Waals surface area contributed by atoms with Crippen LogP contribution in [-0.2, 0) is 8.85 Å². The van der Waals surface area contributed by atoms with Crippen LogP contribution in [0.1, 0.15) is 34.6 Å². The molecule has 1 unspecified atom stereocenters. The van der Waals surface area contributed by atoms with Gasteiger partial charge in [-0.05, 0) is 33.7 Å². The summed E-state index contributed by atoms with van der Waals surface area (Å²) < 4.78 is 49.4. The van der Waals surface area contributed by atoms with Crippen molar-refractivity contribution in [3.63, 3.8) is 0 Å². The summed E-state index contributed by atoms with van der Waals surface area (Å²) in [6, 6.07) is 0.175. The normalized spacial score (nSPS) is 15.2. The molecule has 0 aliphatic heterocycles. The lowest BCUT2D eigenvalue weighted by Gasteiger charge is -2.35. The standard InChI is InChI=1S/C10H21F3O2Si/c1-6-16(14-7(2)3,15-8(4)5)10(13)9(11)12/h7-10H,6H2,1-5H3. The van der Waals surface area contributed by atoms with Crippen LogP contribution in [-0.4, -0.2) is 33.0 Å². The summed E-state index contributed by atoms with van der Waals surface area (Å²) in [5.74, 6) is -2.30. The summed E-state index contributed by atoms with van der Waals surface area (Å²) in [5.41, 5.74) is 0. The van der Waals surface area contributed by atoms with Crippen LogP contribution < -0.4 is 0 Å². The van der Waals surface area contributed by atoms with E-state index >= 15 is 0 Å². The van der Waals surface area contributed by atoms with E-state index in [0.29, 0.717) is 0 Å². The molecule has 1 atom stereocenters. The quantitative estimate of drug-likeness (QED) is 0.651. The third kappa shape index (κ3) is 4.43. The lowest BCUT2D eigenvalue weighted by molar-refractivity contribution is 0.0234. The van der Waals surface area contributed by atoms with Gasteiger partial charge in [0.15, 0.2) is 0 Å². The summed E-state index contributed by atoms with van der Waals surface area (Å²) in [4.78, 5) is 0. The predicted octanol–water partition coefficient (Wildman–Crippen LogP) is 3.44. The number of hydrogen-bond donors (Lipinski definition) is 0. The second-order valence-electron chi connectivity index (χ2n) is 4.23. The van der Waals surface area contributed by atoms with Gasteiger partial charge in [-0.1, -0.05) is 6.92 Å². The maximum Gasteiger partial charge on any atom is 0.379 e. The molecule has 0 aromatic rings. The molecule has 0 aliphatic rings. The molecule has 16 heavy (non-hydrogen) atoms. The molecule has 0 saturated heterocycles. The molecular formula is C10H21F3O2Si. The number of hydrogen-bond acceptors (Lipinski definition) is 2. The van der Waals surface area contributed by atoms with Gasteiger partial charge in [-0.15, -0.1) is 0 Å². The van der Waals surface area contributed by atoms with E-state index in [4.69, 9.17) is 8.85 Å². The molecule has 0 radical (unpaired) electrons. The van der Waals surface area contributed by atoms with E-state index in [9.17, 15) is 13.2 Å². The molecule has 0 saturated carbocycles. The fraction of sp³-hybridized carbons (Fsp3) is 1.00. The van der Waals surface area contributed by atoms with Crippen molar-refractivity contribution in [2.45, 2.75) is 65.1 Å². The third-order valence-corrected chi connectivity index (χ3v) is 5.82. The van der Waals surface area contributed by atoms with Gasteiger partial charge in [-0.25, -0.2) is 13.2 Å². The molecule has 0 amide bonds. The third-order valence-electron chi connectivity index (χ3n) is 2.00. The maximum atomic E-state index is 13.6. The minimum Gasteiger partial charge on any atom is -0.390 e. The molecule has 2 nitrogen and oxygen atoms in total. The minimum atomic E-state index is -3.48. The highest BCUT2D eigenvalue weighted by Gasteiger charge is 2.51. The molecular weight excluding hydrogens is 237 g/mol. The second kappa shape index (κ2) is 6.61. The summed E-state index contributed by atoms with van der Waals surface area (Å²) in [6.07, 6.45) is -3.69. The summed E-state index contributed by atoms with van der Waals surface area (Å²) >= 11 is 0. The van der Waals surface area contributed by atoms with Crippen LogP contribution in [0.3, 0.4) is 0 Å². The highest BCUT2D eigenvalue weighted by atomic mass is 28.4. The van der Waals surface area contributed by atoms with Crippen LogP contribution in [0, 0.1) is 0 Å². The van der Waals surface area contributed by atoms with Crippen molar-refractivity contribution < 1.29 is 22.0 Å². The van der Waals surface area contributed by atoms with E-state index in [1.54, 1.807) is 34.6 Å². The van der Waals surface area contributed by atoms with Gasteiger partial charge in [0.2, 0.25) is 5.79 Å². The van der Waals surface area contributed by atoms with Crippen molar-refractivity contribution in [2.75, 3.05) is 0 Å². The molecule has 0 rings (SSSR count). The van der Waals surface area contributed by atoms with Crippen LogP contribution in [0.5, 0.6) is 0 Å². The number of halogens is 3. The first-order chi connectivity index (χ1) is 7.25. The van der Waals surface area contributed by atoms with Crippen molar-refractivity contribution in [2.24, 2.45) is 0 Å². The SMILES string of the molecule is CC[Si](OC(C)C)(OC(C)C)C(F)C(F)F. The zero-order chi connectivity index (χ0) is 12.9. The fourth-order valence-corrected chi connectivity index (χ4v) is 4.53. The molecule has 6 heteroatoms. The van der Waals surface area contributed by atoms with Gasteiger partial charge in [-0.2, -0.15) is 0 Å². The van der Waals surface area contributed by atoms with Crippen molar-refractivity contribution in [1.82, 2.24) is 0 Å². The van der Waals surface area contributed by atoms with Crippen LogP contribution >= 0.6 is 0 Å². The van der Waals surface area contributed by atoms with Crippen LogP contribution in [0.4, 0.5) is 13.2 Å². The first kappa shape index (κ1) is 15.9. The highest BCUT2D eigenvalue weighted by molar-refractivity contribution is 6.69. The molecule has 0 spiro atoms. The maximum absolute atomic E-state index is 13.6. The first-order valence-corrected chi connectivity index (χ1v) is 7.63. The summed E-state index contributed by atoms with van der Waals surface area (Å²) in [6.45, 7) is 8.41. The van der Waals surface area contributed by atoms with E-state index < -0.39 is 20.8 Å². The lowest BCUT2D eigenvalue weighted by Crippen LogP contribution is -2.56. The Hall–Kier alpha value is -0.0731. The Kier molecular flexibility index (Phi) is 6.58. The van der Waals surface area contributed by atoms with Crippen molar-refractivity contribution in [3.05, 3.63) is 0 Å². The topological polar surface area (TPSA) is 18.5 Å². The van der Waals surface area contributed by atoms with Gasteiger partial charge >= 0.3 is 8.56 Å².